The Hall–Kier alpha value is -1.27. The van der Waals surface area contributed by atoms with E-state index < -0.39 is 0 Å². The van der Waals surface area contributed by atoms with Crippen LogP contribution in [0.25, 0.3) is 5.82 Å². The van der Waals surface area contributed by atoms with E-state index in [0.29, 0.717) is 5.92 Å². The third kappa shape index (κ3) is 3.61. The summed E-state index contributed by atoms with van der Waals surface area (Å²) in [7, 11) is 0. The van der Waals surface area contributed by atoms with Gasteiger partial charge in [0.25, 0.3) is 0 Å². The topological polar surface area (TPSA) is 55.6 Å². The van der Waals surface area contributed by atoms with E-state index >= 15 is 0 Å². The molecule has 0 saturated heterocycles. The van der Waals surface area contributed by atoms with Gasteiger partial charge in [-0.2, -0.15) is 0 Å². The van der Waals surface area contributed by atoms with Gasteiger partial charge in [-0.05, 0) is 28.4 Å². The molecular weight excluding hydrogens is 294 g/mol. The molecular formula is C12H16BrN5. The largest absolute Gasteiger partial charge is 0.311 e. The van der Waals surface area contributed by atoms with Crippen LogP contribution in [0.15, 0.2) is 29.5 Å². The van der Waals surface area contributed by atoms with E-state index in [1.165, 1.54) is 0 Å². The summed E-state index contributed by atoms with van der Waals surface area (Å²) in [6.07, 6.45) is 7.10. The zero-order valence-electron chi connectivity index (χ0n) is 10.5. The highest BCUT2D eigenvalue weighted by molar-refractivity contribution is 9.10. The van der Waals surface area contributed by atoms with Crippen LogP contribution in [0, 0.1) is 5.92 Å². The van der Waals surface area contributed by atoms with Gasteiger partial charge in [0, 0.05) is 12.7 Å². The van der Waals surface area contributed by atoms with Crippen LogP contribution in [-0.2, 0) is 6.54 Å². The highest BCUT2D eigenvalue weighted by atomic mass is 79.9. The van der Waals surface area contributed by atoms with Gasteiger partial charge in [-0.1, -0.05) is 13.8 Å². The van der Waals surface area contributed by atoms with E-state index in [-0.39, 0.29) is 0 Å². The van der Waals surface area contributed by atoms with Crippen LogP contribution in [0.2, 0.25) is 0 Å². The van der Waals surface area contributed by atoms with E-state index in [2.05, 4.69) is 50.0 Å². The molecule has 2 aromatic rings. The Kier molecular flexibility index (Phi) is 4.43. The van der Waals surface area contributed by atoms with Crippen molar-refractivity contribution in [3.63, 3.8) is 0 Å². The average Bonchev–Trinajstić information content (AvgIpc) is 2.78. The normalized spacial score (nSPS) is 11.1. The molecule has 0 radical (unpaired) electrons. The first kappa shape index (κ1) is 13.2. The number of imidazole rings is 1. The highest BCUT2D eigenvalue weighted by Crippen LogP contribution is 2.07. The minimum atomic E-state index is 0.643. The standard InChI is InChI=1S/C12H16BrN5/c1-9(2)3-14-4-10-7-18(8-17-10)12-6-15-11(13)5-16-12/h5-9,14H,3-4H2,1-2H3. The number of nitrogens with zero attached hydrogens (tertiary/aromatic N) is 4. The maximum absolute atomic E-state index is 4.33. The van der Waals surface area contributed by atoms with E-state index in [0.717, 1.165) is 29.2 Å². The van der Waals surface area contributed by atoms with Crippen LogP contribution in [0.4, 0.5) is 0 Å². The van der Waals surface area contributed by atoms with Gasteiger partial charge < -0.3 is 5.32 Å². The van der Waals surface area contributed by atoms with Gasteiger partial charge in [0.1, 0.15) is 10.9 Å². The lowest BCUT2D eigenvalue weighted by molar-refractivity contribution is 0.549. The molecule has 0 aliphatic heterocycles. The predicted octanol–water partition coefficient (Wildman–Crippen LogP) is 2.17. The van der Waals surface area contributed by atoms with Gasteiger partial charge in [0.05, 0.1) is 18.1 Å². The lowest BCUT2D eigenvalue weighted by Crippen LogP contribution is -2.19. The maximum atomic E-state index is 4.33. The van der Waals surface area contributed by atoms with Gasteiger partial charge in [0.15, 0.2) is 5.82 Å². The summed E-state index contributed by atoms with van der Waals surface area (Å²) in [4.78, 5) is 12.7. The Balaban J connectivity index is 1.99. The molecule has 2 aromatic heterocycles. The summed E-state index contributed by atoms with van der Waals surface area (Å²) >= 11 is 3.26. The van der Waals surface area contributed by atoms with Crippen LogP contribution in [-0.4, -0.2) is 26.1 Å². The van der Waals surface area contributed by atoms with E-state index in [1.54, 1.807) is 18.7 Å². The van der Waals surface area contributed by atoms with Crippen molar-refractivity contribution >= 4 is 15.9 Å². The number of nitrogens with one attached hydrogen (secondary N) is 1. The molecule has 0 aliphatic rings. The first-order valence-electron chi connectivity index (χ1n) is 5.86. The molecule has 0 aliphatic carbocycles. The van der Waals surface area contributed by atoms with Gasteiger partial charge in [0.2, 0.25) is 0 Å². The van der Waals surface area contributed by atoms with Crippen molar-refractivity contribution in [3.05, 3.63) is 35.2 Å². The molecule has 96 valence electrons. The molecule has 0 spiro atoms. The van der Waals surface area contributed by atoms with Crippen molar-refractivity contribution in [2.24, 2.45) is 5.92 Å². The number of hydrogen-bond donors (Lipinski definition) is 1. The SMILES string of the molecule is CC(C)CNCc1cn(-c2cnc(Br)cn2)cn1. The fourth-order valence-corrected chi connectivity index (χ4v) is 1.71. The Morgan fingerprint density at radius 3 is 2.78 bits per heavy atom. The van der Waals surface area contributed by atoms with Crippen molar-refractivity contribution in [3.8, 4) is 5.82 Å². The third-order valence-corrected chi connectivity index (χ3v) is 2.78. The Morgan fingerprint density at radius 1 is 1.28 bits per heavy atom. The molecule has 2 rings (SSSR count). The van der Waals surface area contributed by atoms with Crippen molar-refractivity contribution in [1.82, 2.24) is 24.8 Å². The molecule has 6 heteroatoms. The summed E-state index contributed by atoms with van der Waals surface area (Å²) in [6, 6.07) is 0. The molecule has 1 N–H and O–H groups in total. The molecule has 0 aromatic carbocycles. The minimum absolute atomic E-state index is 0.643. The minimum Gasteiger partial charge on any atom is -0.311 e. The first-order chi connectivity index (χ1) is 8.65. The van der Waals surface area contributed by atoms with Crippen LogP contribution < -0.4 is 5.32 Å². The number of rotatable bonds is 5. The molecule has 0 unspecified atom stereocenters. The van der Waals surface area contributed by atoms with Gasteiger partial charge in [-0.25, -0.2) is 15.0 Å². The molecule has 5 nitrogen and oxygen atoms in total. The second-order valence-corrected chi connectivity index (χ2v) is 5.31. The molecule has 0 bridgehead atoms. The van der Waals surface area contributed by atoms with E-state index in [1.807, 2.05) is 10.8 Å². The Labute approximate surface area is 115 Å². The molecule has 2 heterocycles. The summed E-state index contributed by atoms with van der Waals surface area (Å²) in [5.41, 5.74) is 1.00. The van der Waals surface area contributed by atoms with Crippen molar-refractivity contribution in [2.45, 2.75) is 20.4 Å². The fourth-order valence-electron chi connectivity index (χ4n) is 1.51. The zero-order chi connectivity index (χ0) is 13.0. The Morgan fingerprint density at radius 2 is 2.11 bits per heavy atom. The van der Waals surface area contributed by atoms with Crippen molar-refractivity contribution < 1.29 is 0 Å². The smallest absolute Gasteiger partial charge is 0.156 e. The molecule has 0 fully saturated rings. The van der Waals surface area contributed by atoms with E-state index in [9.17, 15) is 0 Å². The molecule has 0 atom stereocenters. The fraction of sp³-hybridized carbons (Fsp3) is 0.417. The lowest BCUT2D eigenvalue weighted by atomic mass is 10.2. The van der Waals surface area contributed by atoms with Gasteiger partial charge >= 0.3 is 0 Å². The predicted molar refractivity (Wildman–Crippen MR) is 73.4 cm³/mol. The molecule has 0 amide bonds. The second-order valence-electron chi connectivity index (χ2n) is 4.49. The molecule has 0 saturated carbocycles. The number of hydrogen-bond acceptors (Lipinski definition) is 4. The zero-order valence-corrected chi connectivity index (χ0v) is 12.1. The van der Waals surface area contributed by atoms with Crippen molar-refractivity contribution in [1.29, 1.82) is 0 Å². The van der Waals surface area contributed by atoms with Crippen molar-refractivity contribution in [2.75, 3.05) is 6.54 Å². The summed E-state index contributed by atoms with van der Waals surface area (Å²) in [5.74, 6) is 1.41. The van der Waals surface area contributed by atoms with Crippen LogP contribution in [0.5, 0.6) is 0 Å². The number of halogens is 1. The van der Waals surface area contributed by atoms with Crippen LogP contribution in [0.3, 0.4) is 0 Å². The third-order valence-electron chi connectivity index (χ3n) is 2.37. The monoisotopic (exact) mass is 309 g/mol. The Bertz CT molecular complexity index is 491. The van der Waals surface area contributed by atoms with Crippen LogP contribution >= 0.6 is 15.9 Å². The van der Waals surface area contributed by atoms with Gasteiger partial charge in [-0.3, -0.25) is 4.57 Å². The summed E-state index contributed by atoms with van der Waals surface area (Å²) in [5, 5.41) is 3.36. The first-order valence-corrected chi connectivity index (χ1v) is 6.66. The summed E-state index contributed by atoms with van der Waals surface area (Å²) < 4.78 is 2.59. The second kappa shape index (κ2) is 6.06. The maximum Gasteiger partial charge on any atom is 0.156 e. The molecule has 18 heavy (non-hydrogen) atoms. The number of aromatic nitrogens is 4. The lowest BCUT2D eigenvalue weighted by Gasteiger charge is -2.04. The van der Waals surface area contributed by atoms with Gasteiger partial charge in [-0.15, -0.1) is 0 Å². The van der Waals surface area contributed by atoms with E-state index in [4.69, 9.17) is 0 Å². The van der Waals surface area contributed by atoms with Crippen LogP contribution in [0.1, 0.15) is 19.5 Å². The average molecular weight is 310 g/mol. The highest BCUT2D eigenvalue weighted by Gasteiger charge is 2.02. The quantitative estimate of drug-likeness (QED) is 0.919. The summed E-state index contributed by atoms with van der Waals surface area (Å²) in [6.45, 7) is 6.13.